The minimum absolute atomic E-state index is 0. The Kier molecular flexibility index (Phi) is 7.03. The first-order chi connectivity index (χ1) is 10.6. The minimum Gasteiger partial charge on any atom is -0.508 e. The summed E-state index contributed by atoms with van der Waals surface area (Å²) in [4.78, 5) is 14.6. The van der Waals surface area contributed by atoms with Crippen molar-refractivity contribution >= 4 is 23.0 Å². The number of hydrogen-bond acceptors (Lipinski definition) is 4. The van der Waals surface area contributed by atoms with E-state index in [0.29, 0.717) is 38.1 Å². The van der Waals surface area contributed by atoms with E-state index in [1.54, 1.807) is 18.2 Å². The van der Waals surface area contributed by atoms with Crippen LogP contribution >= 0.6 is 17.0 Å². The number of methoxy groups -OCH3 is 1. The quantitative estimate of drug-likeness (QED) is 0.607. The summed E-state index contributed by atoms with van der Waals surface area (Å²) >= 11 is 0. The maximum atomic E-state index is 12.6. The SMILES string of the molecule is Br.C=CCN(CC=C)C1(C(=O)OC)CCc2c(O)cccc2C1. The molecule has 0 aromatic heterocycles. The smallest absolute Gasteiger partial charge is 0.326 e. The molecule has 0 heterocycles. The summed E-state index contributed by atoms with van der Waals surface area (Å²) < 4.78 is 5.10. The van der Waals surface area contributed by atoms with Gasteiger partial charge in [0.05, 0.1) is 7.11 Å². The summed E-state index contributed by atoms with van der Waals surface area (Å²) in [5.41, 5.74) is 1.19. The van der Waals surface area contributed by atoms with E-state index in [0.717, 1.165) is 11.1 Å². The highest BCUT2D eigenvalue weighted by Gasteiger charge is 2.46. The zero-order valence-corrected chi connectivity index (χ0v) is 15.2. The van der Waals surface area contributed by atoms with Crippen LogP contribution in [0.1, 0.15) is 17.5 Å². The molecule has 1 N–H and O–H groups in total. The lowest BCUT2D eigenvalue weighted by molar-refractivity contribution is -0.156. The number of nitrogens with zero attached hydrogens (tertiary/aromatic N) is 1. The molecule has 1 unspecified atom stereocenters. The van der Waals surface area contributed by atoms with Crippen LogP contribution in [0.2, 0.25) is 0 Å². The molecule has 0 saturated carbocycles. The van der Waals surface area contributed by atoms with Crippen molar-refractivity contribution in [3.05, 3.63) is 54.6 Å². The lowest BCUT2D eigenvalue weighted by Crippen LogP contribution is -2.58. The Hall–Kier alpha value is -1.59. The monoisotopic (exact) mass is 381 g/mol. The van der Waals surface area contributed by atoms with E-state index in [2.05, 4.69) is 13.2 Å². The summed E-state index contributed by atoms with van der Waals surface area (Å²) in [5.74, 6) is 0.0557. The summed E-state index contributed by atoms with van der Waals surface area (Å²) in [5, 5.41) is 10.0. The molecular weight excluding hydrogens is 358 g/mol. The Bertz CT molecular complexity index is 578. The highest BCUT2D eigenvalue weighted by atomic mass is 79.9. The van der Waals surface area contributed by atoms with Crippen molar-refractivity contribution in [2.24, 2.45) is 0 Å². The molecule has 0 amide bonds. The van der Waals surface area contributed by atoms with E-state index in [1.807, 2.05) is 17.0 Å². The van der Waals surface area contributed by atoms with Crippen molar-refractivity contribution < 1.29 is 14.6 Å². The van der Waals surface area contributed by atoms with Gasteiger partial charge in [0.25, 0.3) is 0 Å². The molecule has 1 aliphatic carbocycles. The molecule has 126 valence electrons. The highest BCUT2D eigenvalue weighted by molar-refractivity contribution is 8.93. The molecule has 0 spiro atoms. The molecule has 0 radical (unpaired) electrons. The number of carbonyl (C=O) groups is 1. The third kappa shape index (κ3) is 3.67. The molecule has 1 aliphatic rings. The van der Waals surface area contributed by atoms with Crippen molar-refractivity contribution in [3.63, 3.8) is 0 Å². The second kappa shape index (κ2) is 8.31. The van der Waals surface area contributed by atoms with Crippen molar-refractivity contribution in [1.82, 2.24) is 4.90 Å². The Morgan fingerprint density at radius 1 is 1.39 bits per heavy atom. The van der Waals surface area contributed by atoms with Gasteiger partial charge in [0.1, 0.15) is 11.3 Å². The summed E-state index contributed by atoms with van der Waals surface area (Å²) in [6.45, 7) is 8.73. The number of hydrogen-bond donors (Lipinski definition) is 1. The third-order valence-electron chi connectivity index (χ3n) is 4.39. The van der Waals surface area contributed by atoms with Gasteiger partial charge in [-0.2, -0.15) is 0 Å². The number of rotatable bonds is 6. The molecule has 1 aromatic rings. The van der Waals surface area contributed by atoms with Crippen molar-refractivity contribution in [1.29, 1.82) is 0 Å². The van der Waals surface area contributed by atoms with Crippen LogP contribution in [0.25, 0.3) is 0 Å². The fraction of sp³-hybridized carbons (Fsp3) is 0.389. The van der Waals surface area contributed by atoms with Crippen LogP contribution in [0.4, 0.5) is 0 Å². The van der Waals surface area contributed by atoms with E-state index < -0.39 is 5.54 Å². The summed E-state index contributed by atoms with van der Waals surface area (Å²) in [6.07, 6.45) is 5.33. The molecule has 1 aromatic carbocycles. The average molecular weight is 382 g/mol. The summed E-state index contributed by atoms with van der Waals surface area (Å²) in [6, 6.07) is 5.47. The molecular formula is C18H24BrNO3. The van der Waals surface area contributed by atoms with Gasteiger partial charge < -0.3 is 9.84 Å². The Morgan fingerprint density at radius 2 is 2.04 bits per heavy atom. The zero-order chi connectivity index (χ0) is 16.2. The van der Waals surface area contributed by atoms with E-state index in [9.17, 15) is 9.90 Å². The van der Waals surface area contributed by atoms with Crippen LogP contribution in [0, 0.1) is 0 Å². The molecule has 0 fully saturated rings. The van der Waals surface area contributed by atoms with Gasteiger partial charge >= 0.3 is 5.97 Å². The Labute approximate surface area is 148 Å². The molecule has 0 bridgehead atoms. The van der Waals surface area contributed by atoms with Gasteiger partial charge in [-0.3, -0.25) is 9.69 Å². The maximum Gasteiger partial charge on any atom is 0.326 e. The molecule has 4 nitrogen and oxygen atoms in total. The number of benzene rings is 1. The van der Waals surface area contributed by atoms with E-state index >= 15 is 0 Å². The topological polar surface area (TPSA) is 49.8 Å². The normalized spacial score (nSPS) is 19.4. The van der Waals surface area contributed by atoms with Gasteiger partial charge in [-0.25, -0.2) is 0 Å². The first-order valence-electron chi connectivity index (χ1n) is 7.44. The van der Waals surface area contributed by atoms with Crippen LogP contribution in [0.15, 0.2) is 43.5 Å². The Balaban J connectivity index is 0.00000264. The lowest BCUT2D eigenvalue weighted by atomic mass is 9.76. The fourth-order valence-corrected chi connectivity index (χ4v) is 3.31. The fourth-order valence-electron chi connectivity index (χ4n) is 3.31. The predicted molar refractivity (Wildman–Crippen MR) is 97.2 cm³/mol. The number of phenols is 1. The van der Waals surface area contributed by atoms with Gasteiger partial charge in [0.2, 0.25) is 0 Å². The number of aromatic hydroxyl groups is 1. The molecule has 0 aliphatic heterocycles. The number of esters is 1. The van der Waals surface area contributed by atoms with Gasteiger partial charge in [0, 0.05) is 19.5 Å². The second-order valence-electron chi connectivity index (χ2n) is 5.60. The van der Waals surface area contributed by atoms with E-state index in [1.165, 1.54) is 7.11 Å². The zero-order valence-electron chi connectivity index (χ0n) is 13.5. The predicted octanol–water partition coefficient (Wildman–Crippen LogP) is 3.04. The van der Waals surface area contributed by atoms with Crippen LogP contribution in [-0.2, 0) is 22.4 Å². The van der Waals surface area contributed by atoms with Gasteiger partial charge in [-0.15, -0.1) is 30.1 Å². The lowest BCUT2D eigenvalue weighted by Gasteiger charge is -2.43. The van der Waals surface area contributed by atoms with Crippen LogP contribution in [0.5, 0.6) is 5.75 Å². The number of carbonyl (C=O) groups excluding carboxylic acids is 1. The Morgan fingerprint density at radius 3 is 2.61 bits per heavy atom. The molecule has 5 heteroatoms. The first kappa shape index (κ1) is 19.5. The molecule has 1 atom stereocenters. The van der Waals surface area contributed by atoms with Gasteiger partial charge in [-0.05, 0) is 30.0 Å². The number of phenolic OH excluding ortho intramolecular Hbond substituents is 1. The van der Waals surface area contributed by atoms with Crippen LogP contribution in [0.3, 0.4) is 0 Å². The van der Waals surface area contributed by atoms with Crippen molar-refractivity contribution in [3.8, 4) is 5.75 Å². The number of halogens is 1. The number of ether oxygens (including phenoxy) is 1. The van der Waals surface area contributed by atoms with Gasteiger partial charge in [-0.1, -0.05) is 24.3 Å². The van der Waals surface area contributed by atoms with E-state index in [4.69, 9.17) is 4.74 Å². The highest BCUT2D eigenvalue weighted by Crippen LogP contribution is 2.37. The third-order valence-corrected chi connectivity index (χ3v) is 4.39. The van der Waals surface area contributed by atoms with Crippen LogP contribution in [-0.4, -0.2) is 41.7 Å². The van der Waals surface area contributed by atoms with E-state index in [-0.39, 0.29) is 23.0 Å². The van der Waals surface area contributed by atoms with Crippen molar-refractivity contribution in [2.45, 2.75) is 24.8 Å². The minimum atomic E-state index is -0.738. The number of fused-ring (bicyclic) bond motifs is 1. The first-order valence-corrected chi connectivity index (χ1v) is 7.44. The standard InChI is InChI=1S/C18H23NO3.BrH/c1-4-11-19(12-5-2)18(17(21)22-3)10-9-15-14(13-18)7-6-8-16(15)20;/h4-8,20H,1-2,9-13H2,3H3;1H. The maximum absolute atomic E-state index is 12.6. The van der Waals surface area contributed by atoms with Gasteiger partial charge in [0.15, 0.2) is 0 Å². The van der Waals surface area contributed by atoms with Crippen molar-refractivity contribution in [2.75, 3.05) is 20.2 Å². The molecule has 0 saturated heterocycles. The largest absolute Gasteiger partial charge is 0.508 e. The second-order valence-corrected chi connectivity index (χ2v) is 5.60. The van der Waals surface area contributed by atoms with Crippen LogP contribution < -0.4 is 0 Å². The molecule has 23 heavy (non-hydrogen) atoms. The average Bonchev–Trinajstić information content (AvgIpc) is 2.53. The summed E-state index contributed by atoms with van der Waals surface area (Å²) in [7, 11) is 1.42. The molecule has 2 rings (SSSR count).